The average molecular weight is 231 g/mol. The Labute approximate surface area is 101 Å². The molecule has 0 saturated carbocycles. The van der Waals surface area contributed by atoms with Crippen LogP contribution in [0.5, 0.6) is 0 Å². The lowest BCUT2D eigenvalue weighted by Gasteiger charge is -2.12. The zero-order valence-corrected chi connectivity index (χ0v) is 10.5. The Balaban J connectivity index is 2.22. The molecule has 0 spiro atoms. The number of thiophene rings is 1. The van der Waals surface area contributed by atoms with E-state index in [0.717, 1.165) is 0 Å². The first-order chi connectivity index (χ1) is 7.68. The van der Waals surface area contributed by atoms with E-state index in [-0.39, 0.29) is 6.04 Å². The summed E-state index contributed by atoms with van der Waals surface area (Å²) in [6.07, 6.45) is 0. The van der Waals surface area contributed by atoms with Crippen molar-refractivity contribution in [1.29, 1.82) is 0 Å². The fourth-order valence-electron chi connectivity index (χ4n) is 1.72. The van der Waals surface area contributed by atoms with Crippen molar-refractivity contribution in [2.75, 3.05) is 0 Å². The van der Waals surface area contributed by atoms with Crippen LogP contribution in [0.3, 0.4) is 0 Å². The van der Waals surface area contributed by atoms with E-state index in [0.29, 0.717) is 5.92 Å². The molecule has 0 amide bonds. The molecular formula is C14H17NS. The van der Waals surface area contributed by atoms with Crippen LogP contribution in [0.25, 0.3) is 0 Å². The van der Waals surface area contributed by atoms with Crippen LogP contribution < -0.4 is 5.73 Å². The van der Waals surface area contributed by atoms with E-state index in [1.54, 1.807) is 11.3 Å². The highest BCUT2D eigenvalue weighted by atomic mass is 32.1. The molecule has 84 valence electrons. The number of hydrogen-bond acceptors (Lipinski definition) is 2. The van der Waals surface area contributed by atoms with E-state index in [9.17, 15) is 0 Å². The van der Waals surface area contributed by atoms with Gasteiger partial charge in [0.1, 0.15) is 0 Å². The second-order valence-electron chi connectivity index (χ2n) is 4.31. The maximum Gasteiger partial charge on any atom is 0.0645 e. The summed E-state index contributed by atoms with van der Waals surface area (Å²) in [4.78, 5) is 1.22. The van der Waals surface area contributed by atoms with E-state index in [1.165, 1.54) is 16.0 Å². The summed E-state index contributed by atoms with van der Waals surface area (Å²) in [6, 6.07) is 12.8. The maximum atomic E-state index is 6.20. The second kappa shape index (κ2) is 4.81. The molecule has 0 bridgehead atoms. The Hall–Kier alpha value is -1.12. The van der Waals surface area contributed by atoms with Crippen LogP contribution in [-0.2, 0) is 0 Å². The molecule has 0 aliphatic rings. The van der Waals surface area contributed by atoms with Crippen LogP contribution in [-0.4, -0.2) is 0 Å². The number of benzene rings is 1. The van der Waals surface area contributed by atoms with Crippen LogP contribution >= 0.6 is 11.3 Å². The van der Waals surface area contributed by atoms with Crippen LogP contribution in [0.15, 0.2) is 41.8 Å². The lowest BCUT2D eigenvalue weighted by molar-refractivity contribution is 0.854. The maximum absolute atomic E-state index is 6.20. The van der Waals surface area contributed by atoms with Gasteiger partial charge in [0.25, 0.3) is 0 Å². The van der Waals surface area contributed by atoms with Gasteiger partial charge < -0.3 is 5.73 Å². The van der Waals surface area contributed by atoms with Gasteiger partial charge in [-0.15, -0.1) is 11.3 Å². The lowest BCUT2D eigenvalue weighted by Crippen LogP contribution is -2.10. The molecule has 1 aromatic carbocycles. The summed E-state index contributed by atoms with van der Waals surface area (Å²) in [5.74, 6) is 0.576. The summed E-state index contributed by atoms with van der Waals surface area (Å²) < 4.78 is 0. The van der Waals surface area contributed by atoms with E-state index < -0.39 is 0 Å². The van der Waals surface area contributed by atoms with Gasteiger partial charge in [0.05, 0.1) is 6.04 Å². The molecule has 0 unspecified atom stereocenters. The van der Waals surface area contributed by atoms with E-state index in [4.69, 9.17) is 5.73 Å². The fraction of sp³-hybridized carbons (Fsp3) is 0.286. The zero-order valence-electron chi connectivity index (χ0n) is 9.68. The first kappa shape index (κ1) is 11.4. The molecule has 2 heteroatoms. The van der Waals surface area contributed by atoms with Crippen LogP contribution in [0.4, 0.5) is 0 Å². The van der Waals surface area contributed by atoms with Crippen molar-refractivity contribution in [1.82, 2.24) is 0 Å². The third kappa shape index (κ3) is 2.34. The fourth-order valence-corrected chi connectivity index (χ4v) is 2.47. The molecule has 2 aromatic rings. The van der Waals surface area contributed by atoms with Gasteiger partial charge in [0.15, 0.2) is 0 Å². The van der Waals surface area contributed by atoms with Gasteiger partial charge >= 0.3 is 0 Å². The highest BCUT2D eigenvalue weighted by molar-refractivity contribution is 7.10. The van der Waals surface area contributed by atoms with Crippen molar-refractivity contribution in [3.63, 3.8) is 0 Å². The molecule has 0 fully saturated rings. The van der Waals surface area contributed by atoms with Gasteiger partial charge in [-0.3, -0.25) is 0 Å². The Morgan fingerprint density at radius 1 is 1.00 bits per heavy atom. The van der Waals surface area contributed by atoms with Crippen LogP contribution in [0.1, 0.15) is 41.8 Å². The number of hydrogen-bond donors (Lipinski definition) is 1. The van der Waals surface area contributed by atoms with Gasteiger partial charge in [-0.05, 0) is 28.5 Å². The molecule has 1 aromatic heterocycles. The minimum absolute atomic E-state index is 0.0150. The summed E-state index contributed by atoms with van der Waals surface area (Å²) >= 11 is 1.71. The van der Waals surface area contributed by atoms with E-state index in [2.05, 4.69) is 49.6 Å². The highest BCUT2D eigenvalue weighted by Gasteiger charge is 2.09. The van der Waals surface area contributed by atoms with Crippen LogP contribution in [0.2, 0.25) is 0 Å². The molecule has 16 heavy (non-hydrogen) atoms. The number of rotatable bonds is 3. The molecule has 1 nitrogen and oxygen atoms in total. The molecule has 0 radical (unpaired) electrons. The lowest BCUT2D eigenvalue weighted by atomic mass is 9.99. The van der Waals surface area contributed by atoms with Gasteiger partial charge in [-0.25, -0.2) is 0 Å². The van der Waals surface area contributed by atoms with E-state index >= 15 is 0 Å². The van der Waals surface area contributed by atoms with Crippen molar-refractivity contribution < 1.29 is 0 Å². The molecule has 1 atom stereocenters. The van der Waals surface area contributed by atoms with Gasteiger partial charge in [-0.2, -0.15) is 0 Å². The monoisotopic (exact) mass is 231 g/mol. The van der Waals surface area contributed by atoms with Crippen molar-refractivity contribution >= 4 is 11.3 Å². The standard InChI is InChI=1S/C14H17NS/c1-10(2)11-5-7-12(8-6-11)14(15)13-4-3-9-16-13/h3-10,14H,15H2,1-2H3/t14-/m0/s1. The SMILES string of the molecule is CC(C)c1ccc([C@H](N)c2cccs2)cc1. The minimum atomic E-state index is 0.0150. The minimum Gasteiger partial charge on any atom is -0.320 e. The Kier molecular flexibility index (Phi) is 3.42. The third-order valence-corrected chi connectivity index (χ3v) is 3.77. The smallest absolute Gasteiger partial charge is 0.0645 e. The molecule has 2 N–H and O–H groups in total. The quantitative estimate of drug-likeness (QED) is 0.851. The molecule has 1 heterocycles. The third-order valence-electron chi connectivity index (χ3n) is 2.81. The zero-order chi connectivity index (χ0) is 11.5. The Morgan fingerprint density at radius 3 is 2.12 bits per heavy atom. The predicted molar refractivity (Wildman–Crippen MR) is 70.9 cm³/mol. The van der Waals surface area contributed by atoms with E-state index in [1.807, 2.05) is 6.07 Å². The summed E-state index contributed by atoms with van der Waals surface area (Å²) in [5.41, 5.74) is 8.75. The average Bonchev–Trinajstić information content (AvgIpc) is 2.81. The first-order valence-electron chi connectivity index (χ1n) is 5.57. The number of nitrogens with two attached hydrogens (primary N) is 1. The first-order valence-corrected chi connectivity index (χ1v) is 6.45. The largest absolute Gasteiger partial charge is 0.320 e. The van der Waals surface area contributed by atoms with Gasteiger partial charge in [0.2, 0.25) is 0 Å². The van der Waals surface area contributed by atoms with Crippen molar-refractivity contribution in [3.8, 4) is 0 Å². The summed E-state index contributed by atoms with van der Waals surface area (Å²) in [7, 11) is 0. The van der Waals surface area contributed by atoms with Gasteiger partial charge in [-0.1, -0.05) is 44.2 Å². The Bertz CT molecular complexity index is 428. The highest BCUT2D eigenvalue weighted by Crippen LogP contribution is 2.25. The molecule has 0 aliphatic carbocycles. The van der Waals surface area contributed by atoms with Crippen LogP contribution in [0, 0.1) is 0 Å². The van der Waals surface area contributed by atoms with Crippen molar-refractivity contribution in [3.05, 3.63) is 57.8 Å². The molecule has 0 saturated heterocycles. The topological polar surface area (TPSA) is 26.0 Å². The van der Waals surface area contributed by atoms with Crippen molar-refractivity contribution in [2.24, 2.45) is 5.73 Å². The second-order valence-corrected chi connectivity index (χ2v) is 5.29. The Morgan fingerprint density at radius 2 is 1.62 bits per heavy atom. The summed E-state index contributed by atoms with van der Waals surface area (Å²) in [6.45, 7) is 4.41. The predicted octanol–water partition coefficient (Wildman–Crippen LogP) is 3.92. The normalized spacial score (nSPS) is 13.0. The van der Waals surface area contributed by atoms with Crippen molar-refractivity contribution in [2.45, 2.75) is 25.8 Å². The molecular weight excluding hydrogens is 214 g/mol. The summed E-state index contributed by atoms with van der Waals surface area (Å²) in [5, 5.41) is 2.07. The van der Waals surface area contributed by atoms with Gasteiger partial charge in [0, 0.05) is 4.88 Å². The molecule has 0 aliphatic heterocycles. The molecule has 2 rings (SSSR count).